The lowest BCUT2D eigenvalue weighted by atomic mass is 9.89. The van der Waals surface area contributed by atoms with Gasteiger partial charge in [-0.05, 0) is 81.1 Å². The molecule has 2 aliphatic heterocycles. The normalized spacial score (nSPS) is 22.5. The molecule has 0 aromatic heterocycles. The van der Waals surface area contributed by atoms with Gasteiger partial charge in [0.05, 0.1) is 0 Å². The van der Waals surface area contributed by atoms with E-state index in [0.717, 1.165) is 38.1 Å². The topological polar surface area (TPSA) is 32.3 Å². The maximum absolute atomic E-state index is 12.4. The number of piperidine rings is 1. The summed E-state index contributed by atoms with van der Waals surface area (Å²) in [5.74, 6) is 1.51. The van der Waals surface area contributed by atoms with E-state index in [0.29, 0.717) is 11.8 Å². The highest BCUT2D eigenvalue weighted by Crippen LogP contribution is 2.36. The fourth-order valence-electron chi connectivity index (χ4n) is 3.98. The van der Waals surface area contributed by atoms with Crippen LogP contribution in [-0.4, -0.2) is 25.5 Å². The van der Waals surface area contributed by atoms with Crippen LogP contribution in [0, 0.1) is 11.8 Å². The molecular formula is C19H26N2O. The summed E-state index contributed by atoms with van der Waals surface area (Å²) in [6.45, 7) is 3.24. The Morgan fingerprint density at radius 2 is 2.00 bits per heavy atom. The monoisotopic (exact) mass is 298 g/mol. The van der Waals surface area contributed by atoms with Crippen LogP contribution < -0.4 is 10.2 Å². The summed E-state index contributed by atoms with van der Waals surface area (Å²) in [6, 6.07) is 6.86. The Kier molecular flexibility index (Phi) is 3.91. The molecule has 3 nitrogen and oxygen atoms in total. The average Bonchev–Trinajstić information content (AvgIpc) is 3.39. The zero-order chi connectivity index (χ0) is 14.9. The van der Waals surface area contributed by atoms with Gasteiger partial charge in [0, 0.05) is 18.2 Å². The first-order valence-electron chi connectivity index (χ1n) is 8.95. The SMILES string of the molecule is O=C(C1CC1)N1CCCc2cc(CC3CCNCC3)ccc21. The number of rotatable bonds is 3. The van der Waals surface area contributed by atoms with Crippen LogP contribution >= 0.6 is 0 Å². The Balaban J connectivity index is 1.51. The van der Waals surface area contributed by atoms with Crippen LogP contribution in [0.4, 0.5) is 5.69 Å². The van der Waals surface area contributed by atoms with Crippen molar-refractivity contribution in [2.24, 2.45) is 11.8 Å². The third-order valence-electron chi connectivity index (χ3n) is 5.44. The number of aryl methyl sites for hydroxylation is 1. The minimum atomic E-state index is 0.320. The summed E-state index contributed by atoms with van der Waals surface area (Å²) in [6.07, 6.45) is 8.22. The number of amides is 1. The third kappa shape index (κ3) is 2.91. The molecule has 1 saturated carbocycles. The third-order valence-corrected chi connectivity index (χ3v) is 5.44. The van der Waals surface area contributed by atoms with Crippen LogP contribution in [0.2, 0.25) is 0 Å². The number of carbonyl (C=O) groups is 1. The Hall–Kier alpha value is -1.35. The van der Waals surface area contributed by atoms with Crippen molar-refractivity contribution in [2.45, 2.75) is 44.9 Å². The fraction of sp³-hybridized carbons (Fsp3) is 0.632. The first kappa shape index (κ1) is 14.3. The van der Waals surface area contributed by atoms with Crippen molar-refractivity contribution in [1.29, 1.82) is 0 Å². The van der Waals surface area contributed by atoms with Crippen molar-refractivity contribution in [1.82, 2.24) is 5.32 Å². The molecule has 2 heterocycles. The Morgan fingerprint density at radius 3 is 2.77 bits per heavy atom. The van der Waals surface area contributed by atoms with E-state index in [2.05, 4.69) is 28.4 Å². The molecule has 0 bridgehead atoms. The molecule has 0 atom stereocenters. The van der Waals surface area contributed by atoms with E-state index in [1.807, 2.05) is 0 Å². The van der Waals surface area contributed by atoms with Gasteiger partial charge in [-0.3, -0.25) is 4.79 Å². The quantitative estimate of drug-likeness (QED) is 0.930. The number of hydrogen-bond acceptors (Lipinski definition) is 2. The van der Waals surface area contributed by atoms with Gasteiger partial charge in [0.25, 0.3) is 0 Å². The summed E-state index contributed by atoms with van der Waals surface area (Å²) < 4.78 is 0. The minimum Gasteiger partial charge on any atom is -0.317 e. The predicted molar refractivity (Wildman–Crippen MR) is 89.1 cm³/mol. The molecule has 1 saturated heterocycles. The van der Waals surface area contributed by atoms with Crippen molar-refractivity contribution < 1.29 is 4.79 Å². The second-order valence-corrected chi connectivity index (χ2v) is 7.23. The first-order valence-corrected chi connectivity index (χ1v) is 8.95. The average molecular weight is 298 g/mol. The van der Waals surface area contributed by atoms with E-state index in [1.165, 1.54) is 49.2 Å². The minimum absolute atomic E-state index is 0.320. The summed E-state index contributed by atoms with van der Waals surface area (Å²) >= 11 is 0. The standard InChI is InChI=1S/C19H26N2O/c22-19(16-4-5-16)21-11-1-2-17-13-15(3-6-18(17)21)12-14-7-9-20-10-8-14/h3,6,13-14,16,20H,1-2,4-5,7-12H2. The van der Waals surface area contributed by atoms with Crippen molar-refractivity contribution in [3.63, 3.8) is 0 Å². The van der Waals surface area contributed by atoms with Gasteiger partial charge in [-0.25, -0.2) is 0 Å². The summed E-state index contributed by atoms with van der Waals surface area (Å²) in [5.41, 5.74) is 4.05. The lowest BCUT2D eigenvalue weighted by molar-refractivity contribution is -0.119. The van der Waals surface area contributed by atoms with Crippen LogP contribution in [0.15, 0.2) is 18.2 Å². The molecule has 118 valence electrons. The zero-order valence-electron chi connectivity index (χ0n) is 13.3. The molecule has 2 fully saturated rings. The van der Waals surface area contributed by atoms with E-state index in [-0.39, 0.29) is 0 Å². The van der Waals surface area contributed by atoms with Gasteiger partial charge in [0.1, 0.15) is 0 Å². The van der Waals surface area contributed by atoms with E-state index in [1.54, 1.807) is 0 Å². The van der Waals surface area contributed by atoms with Crippen molar-refractivity contribution in [3.8, 4) is 0 Å². The molecule has 1 aromatic carbocycles. The molecule has 3 aliphatic rings. The second-order valence-electron chi connectivity index (χ2n) is 7.23. The van der Waals surface area contributed by atoms with Crippen LogP contribution in [0.1, 0.15) is 43.2 Å². The highest BCUT2D eigenvalue weighted by molar-refractivity contribution is 5.97. The lowest BCUT2D eigenvalue weighted by Crippen LogP contribution is -2.36. The first-order chi connectivity index (χ1) is 10.8. The van der Waals surface area contributed by atoms with Gasteiger partial charge >= 0.3 is 0 Å². The lowest BCUT2D eigenvalue weighted by Gasteiger charge is -2.30. The number of hydrogen-bond donors (Lipinski definition) is 1. The van der Waals surface area contributed by atoms with Crippen LogP contribution in [0.25, 0.3) is 0 Å². The molecule has 1 aromatic rings. The Labute approximate surface area is 133 Å². The van der Waals surface area contributed by atoms with Crippen LogP contribution in [-0.2, 0) is 17.6 Å². The number of benzene rings is 1. The molecule has 0 radical (unpaired) electrons. The van der Waals surface area contributed by atoms with Crippen molar-refractivity contribution in [3.05, 3.63) is 29.3 Å². The van der Waals surface area contributed by atoms with E-state index in [4.69, 9.17) is 0 Å². The molecule has 4 rings (SSSR count). The number of carbonyl (C=O) groups excluding carboxylic acids is 1. The number of nitrogens with zero attached hydrogens (tertiary/aromatic N) is 1. The van der Waals surface area contributed by atoms with E-state index < -0.39 is 0 Å². The fourth-order valence-corrected chi connectivity index (χ4v) is 3.98. The summed E-state index contributed by atoms with van der Waals surface area (Å²) in [5, 5.41) is 3.44. The van der Waals surface area contributed by atoms with Gasteiger partial charge in [0.2, 0.25) is 5.91 Å². The van der Waals surface area contributed by atoms with Crippen molar-refractivity contribution >= 4 is 11.6 Å². The maximum atomic E-state index is 12.4. The molecule has 0 spiro atoms. The number of nitrogens with one attached hydrogen (secondary N) is 1. The van der Waals surface area contributed by atoms with Gasteiger partial charge in [-0.1, -0.05) is 12.1 Å². The second kappa shape index (κ2) is 6.04. The largest absolute Gasteiger partial charge is 0.317 e. The Bertz CT molecular complexity index is 559. The summed E-state index contributed by atoms with van der Waals surface area (Å²) in [4.78, 5) is 14.5. The predicted octanol–water partition coefficient (Wildman–Crippen LogP) is 2.92. The summed E-state index contributed by atoms with van der Waals surface area (Å²) in [7, 11) is 0. The van der Waals surface area contributed by atoms with Gasteiger partial charge < -0.3 is 10.2 Å². The van der Waals surface area contributed by atoms with Crippen molar-refractivity contribution in [2.75, 3.05) is 24.5 Å². The molecule has 1 amide bonds. The maximum Gasteiger partial charge on any atom is 0.230 e. The molecule has 1 aliphatic carbocycles. The molecular weight excluding hydrogens is 272 g/mol. The number of fused-ring (bicyclic) bond motifs is 1. The zero-order valence-corrected chi connectivity index (χ0v) is 13.3. The van der Waals surface area contributed by atoms with E-state index in [9.17, 15) is 4.79 Å². The van der Waals surface area contributed by atoms with Gasteiger partial charge in [-0.15, -0.1) is 0 Å². The van der Waals surface area contributed by atoms with Gasteiger partial charge in [-0.2, -0.15) is 0 Å². The van der Waals surface area contributed by atoms with Crippen LogP contribution in [0.3, 0.4) is 0 Å². The smallest absolute Gasteiger partial charge is 0.230 e. The molecule has 22 heavy (non-hydrogen) atoms. The van der Waals surface area contributed by atoms with Crippen LogP contribution in [0.5, 0.6) is 0 Å². The highest BCUT2D eigenvalue weighted by atomic mass is 16.2. The number of anilines is 1. The van der Waals surface area contributed by atoms with Gasteiger partial charge in [0.15, 0.2) is 0 Å². The Morgan fingerprint density at radius 1 is 1.18 bits per heavy atom. The highest BCUT2D eigenvalue weighted by Gasteiger charge is 2.35. The molecule has 0 unspecified atom stereocenters. The van der Waals surface area contributed by atoms with E-state index >= 15 is 0 Å². The molecule has 1 N–H and O–H groups in total. The molecule has 3 heteroatoms.